The molecular formula is C23H26NO2. The quantitative estimate of drug-likeness (QED) is 0.716. The van der Waals surface area contributed by atoms with E-state index >= 15 is 0 Å². The number of likely N-dealkylation sites (N-methyl/N-ethyl adjacent to an activating group) is 1. The summed E-state index contributed by atoms with van der Waals surface area (Å²) in [6, 6.07) is 16.8. The van der Waals surface area contributed by atoms with Crippen molar-refractivity contribution < 1.29 is 9.47 Å². The van der Waals surface area contributed by atoms with Crippen LogP contribution in [0.2, 0.25) is 0 Å². The predicted octanol–water partition coefficient (Wildman–Crippen LogP) is 4.82. The third-order valence-corrected chi connectivity index (χ3v) is 4.38. The minimum absolute atomic E-state index is 0.647. The van der Waals surface area contributed by atoms with Gasteiger partial charge in [0.2, 0.25) is 0 Å². The zero-order valence-electron chi connectivity index (χ0n) is 15.7. The SMILES string of the molecule is COC1=CC[CH]C=C1c1cc(-c2ccccc2)ccc1OCCN(C)C. The van der Waals surface area contributed by atoms with Gasteiger partial charge in [0.05, 0.1) is 7.11 Å². The highest BCUT2D eigenvalue weighted by molar-refractivity contribution is 5.84. The number of benzene rings is 2. The molecule has 0 fully saturated rings. The van der Waals surface area contributed by atoms with Crippen molar-refractivity contribution in [3.63, 3.8) is 0 Å². The van der Waals surface area contributed by atoms with Gasteiger partial charge in [-0.25, -0.2) is 0 Å². The highest BCUT2D eigenvalue weighted by Crippen LogP contribution is 2.37. The van der Waals surface area contributed by atoms with E-state index in [2.05, 4.69) is 65.9 Å². The molecule has 26 heavy (non-hydrogen) atoms. The van der Waals surface area contributed by atoms with Crippen LogP contribution < -0.4 is 4.74 Å². The van der Waals surface area contributed by atoms with E-state index in [1.807, 2.05) is 20.2 Å². The molecular weight excluding hydrogens is 322 g/mol. The van der Waals surface area contributed by atoms with Crippen LogP contribution in [0, 0.1) is 6.42 Å². The summed E-state index contributed by atoms with van der Waals surface area (Å²) in [5, 5.41) is 0. The minimum Gasteiger partial charge on any atom is -0.496 e. The first-order valence-corrected chi connectivity index (χ1v) is 8.94. The summed E-state index contributed by atoms with van der Waals surface area (Å²) in [7, 11) is 5.82. The third kappa shape index (κ3) is 4.36. The molecule has 0 amide bonds. The maximum atomic E-state index is 6.11. The molecule has 0 aliphatic heterocycles. The Bertz CT molecular complexity index is 791. The second kappa shape index (κ2) is 8.72. The van der Waals surface area contributed by atoms with Gasteiger partial charge >= 0.3 is 0 Å². The molecule has 1 aliphatic carbocycles. The van der Waals surface area contributed by atoms with Gasteiger partial charge in [-0.05, 0) is 56.3 Å². The molecule has 0 saturated carbocycles. The van der Waals surface area contributed by atoms with Crippen LogP contribution in [0.15, 0.2) is 66.4 Å². The molecule has 3 heteroatoms. The van der Waals surface area contributed by atoms with Gasteiger partial charge in [0.1, 0.15) is 18.1 Å². The Kier molecular flexibility index (Phi) is 6.13. The molecule has 2 aromatic carbocycles. The van der Waals surface area contributed by atoms with E-state index in [1.165, 1.54) is 11.1 Å². The van der Waals surface area contributed by atoms with Crippen molar-refractivity contribution in [3.05, 3.63) is 78.4 Å². The summed E-state index contributed by atoms with van der Waals surface area (Å²) in [4.78, 5) is 2.12. The molecule has 135 valence electrons. The van der Waals surface area contributed by atoms with E-state index in [1.54, 1.807) is 7.11 Å². The Balaban J connectivity index is 1.99. The molecule has 0 atom stereocenters. The fourth-order valence-corrected chi connectivity index (χ4v) is 2.98. The lowest BCUT2D eigenvalue weighted by molar-refractivity contribution is 0.260. The average molecular weight is 348 g/mol. The standard InChI is InChI=1S/C23H26NO2/c1-24(2)15-16-26-23-14-13-19(18-9-5-4-6-10-18)17-21(23)20-11-7-8-12-22(20)25-3/h4-7,9-14,17H,8,15-16H2,1-3H3. The lowest BCUT2D eigenvalue weighted by atomic mass is 9.93. The van der Waals surface area contributed by atoms with E-state index in [9.17, 15) is 0 Å². The van der Waals surface area contributed by atoms with E-state index in [-0.39, 0.29) is 0 Å². The van der Waals surface area contributed by atoms with Gasteiger partial charge in [-0.15, -0.1) is 0 Å². The smallest absolute Gasteiger partial charge is 0.127 e. The molecule has 3 nitrogen and oxygen atoms in total. The van der Waals surface area contributed by atoms with Gasteiger partial charge < -0.3 is 14.4 Å². The molecule has 0 bridgehead atoms. The highest BCUT2D eigenvalue weighted by atomic mass is 16.5. The molecule has 0 spiro atoms. The van der Waals surface area contributed by atoms with E-state index in [0.29, 0.717) is 6.61 Å². The van der Waals surface area contributed by atoms with Crippen LogP contribution in [0.4, 0.5) is 0 Å². The lowest BCUT2D eigenvalue weighted by Gasteiger charge is -2.20. The normalized spacial score (nSPS) is 14.0. The maximum Gasteiger partial charge on any atom is 0.127 e. The molecule has 1 radical (unpaired) electrons. The second-order valence-corrected chi connectivity index (χ2v) is 6.55. The number of nitrogens with zero attached hydrogens (tertiary/aromatic N) is 1. The fourth-order valence-electron chi connectivity index (χ4n) is 2.98. The average Bonchev–Trinajstić information content (AvgIpc) is 2.68. The van der Waals surface area contributed by atoms with Crippen LogP contribution in [0.3, 0.4) is 0 Å². The molecule has 0 saturated heterocycles. The van der Waals surface area contributed by atoms with Gasteiger partial charge in [-0.3, -0.25) is 0 Å². The summed E-state index contributed by atoms with van der Waals surface area (Å²) in [5.74, 6) is 1.78. The fraction of sp³-hybridized carbons (Fsp3) is 0.261. The van der Waals surface area contributed by atoms with Crippen LogP contribution >= 0.6 is 0 Å². The van der Waals surface area contributed by atoms with Crippen molar-refractivity contribution in [2.45, 2.75) is 6.42 Å². The monoisotopic (exact) mass is 348 g/mol. The van der Waals surface area contributed by atoms with Crippen LogP contribution in [-0.2, 0) is 4.74 Å². The molecule has 0 unspecified atom stereocenters. The van der Waals surface area contributed by atoms with Crippen molar-refractivity contribution in [3.8, 4) is 16.9 Å². The first kappa shape index (κ1) is 18.3. The van der Waals surface area contributed by atoms with Crippen LogP contribution in [-0.4, -0.2) is 39.3 Å². The van der Waals surface area contributed by atoms with Crippen LogP contribution in [0.1, 0.15) is 12.0 Å². The third-order valence-electron chi connectivity index (χ3n) is 4.38. The Morgan fingerprint density at radius 3 is 2.54 bits per heavy atom. The molecule has 1 aliphatic rings. The highest BCUT2D eigenvalue weighted by Gasteiger charge is 2.17. The van der Waals surface area contributed by atoms with Crippen molar-refractivity contribution in [1.82, 2.24) is 4.90 Å². The number of allylic oxidation sites excluding steroid dienone is 3. The number of rotatable bonds is 7. The van der Waals surface area contributed by atoms with Gasteiger partial charge in [0, 0.05) is 17.7 Å². The number of ether oxygens (including phenoxy) is 2. The second-order valence-electron chi connectivity index (χ2n) is 6.55. The van der Waals surface area contributed by atoms with Crippen LogP contribution in [0.5, 0.6) is 5.75 Å². The number of hydrogen-bond acceptors (Lipinski definition) is 3. The number of methoxy groups -OCH3 is 1. The lowest BCUT2D eigenvalue weighted by Crippen LogP contribution is -2.19. The summed E-state index contributed by atoms with van der Waals surface area (Å²) in [5.41, 5.74) is 4.49. The maximum absolute atomic E-state index is 6.11. The van der Waals surface area contributed by atoms with Gasteiger partial charge in [0.15, 0.2) is 0 Å². The van der Waals surface area contributed by atoms with Gasteiger partial charge in [0.25, 0.3) is 0 Å². The summed E-state index contributed by atoms with van der Waals surface area (Å²) >= 11 is 0. The molecule has 0 aromatic heterocycles. The molecule has 3 rings (SSSR count). The summed E-state index contributed by atoms with van der Waals surface area (Å²) in [6.07, 6.45) is 7.27. The first-order chi connectivity index (χ1) is 12.7. The van der Waals surface area contributed by atoms with Crippen molar-refractivity contribution >= 4 is 5.57 Å². The summed E-state index contributed by atoms with van der Waals surface area (Å²) in [6.45, 7) is 1.52. The Labute approximate surface area is 156 Å². The first-order valence-electron chi connectivity index (χ1n) is 8.94. The Morgan fingerprint density at radius 1 is 1.00 bits per heavy atom. The summed E-state index contributed by atoms with van der Waals surface area (Å²) < 4.78 is 11.7. The number of hydrogen-bond donors (Lipinski definition) is 0. The molecule has 0 N–H and O–H groups in total. The Hall–Kier alpha value is -2.52. The molecule has 2 aromatic rings. The predicted molar refractivity (Wildman–Crippen MR) is 108 cm³/mol. The van der Waals surface area contributed by atoms with Crippen molar-refractivity contribution in [2.24, 2.45) is 0 Å². The van der Waals surface area contributed by atoms with Gasteiger partial charge in [-0.2, -0.15) is 0 Å². The largest absolute Gasteiger partial charge is 0.496 e. The van der Waals surface area contributed by atoms with E-state index < -0.39 is 0 Å². The van der Waals surface area contributed by atoms with Crippen LogP contribution in [0.25, 0.3) is 16.7 Å². The zero-order valence-corrected chi connectivity index (χ0v) is 15.7. The van der Waals surface area contributed by atoms with E-state index in [4.69, 9.17) is 9.47 Å². The van der Waals surface area contributed by atoms with Gasteiger partial charge in [-0.1, -0.05) is 42.5 Å². The Morgan fingerprint density at radius 2 is 1.81 bits per heavy atom. The van der Waals surface area contributed by atoms with Crippen molar-refractivity contribution in [1.29, 1.82) is 0 Å². The topological polar surface area (TPSA) is 21.7 Å². The molecule has 0 heterocycles. The zero-order chi connectivity index (χ0) is 18.4. The van der Waals surface area contributed by atoms with Crippen molar-refractivity contribution in [2.75, 3.05) is 34.4 Å². The van der Waals surface area contributed by atoms with E-state index in [0.717, 1.165) is 35.6 Å². The minimum atomic E-state index is 0.647.